The number of thiazole rings is 1. The van der Waals surface area contributed by atoms with Crippen molar-refractivity contribution in [2.45, 2.75) is 6.92 Å². The van der Waals surface area contributed by atoms with Crippen LogP contribution in [0.25, 0.3) is 11.3 Å². The first kappa shape index (κ1) is 15.7. The van der Waals surface area contributed by atoms with Crippen LogP contribution in [0, 0.1) is 12.7 Å². The van der Waals surface area contributed by atoms with Crippen LogP contribution in [0.5, 0.6) is 0 Å². The van der Waals surface area contributed by atoms with Crippen LogP contribution in [0.15, 0.2) is 53.9 Å². The molecule has 1 aromatic heterocycles. The van der Waals surface area contributed by atoms with Gasteiger partial charge in [0, 0.05) is 16.6 Å². The molecule has 3 rings (SSSR count). The Hall–Kier alpha value is -1.72. The molecular weight excluding hydrogens is 351 g/mol. The molecule has 1 heterocycles. The van der Waals surface area contributed by atoms with E-state index in [1.165, 1.54) is 29.0 Å². The van der Waals surface area contributed by atoms with Gasteiger partial charge in [-0.15, -0.1) is 28.3 Å². The van der Waals surface area contributed by atoms with Gasteiger partial charge < -0.3 is 5.32 Å². The van der Waals surface area contributed by atoms with Crippen LogP contribution in [-0.2, 0) is 0 Å². The van der Waals surface area contributed by atoms with Crippen molar-refractivity contribution >= 4 is 39.1 Å². The number of hydrogen-bond acceptors (Lipinski definition) is 3. The second kappa shape index (κ2) is 6.83. The third-order valence-corrected chi connectivity index (χ3v) is 3.70. The zero-order valence-electron chi connectivity index (χ0n) is 11.3. The maximum atomic E-state index is 12.8. The molecule has 0 aliphatic rings. The highest BCUT2D eigenvalue weighted by Crippen LogP contribution is 2.27. The first-order chi connectivity index (χ1) is 9.70. The molecular formula is C16H14BrFN2S. The monoisotopic (exact) mass is 364 g/mol. The number of aryl methyl sites for hydroxylation is 1. The van der Waals surface area contributed by atoms with Crippen molar-refractivity contribution in [1.29, 1.82) is 0 Å². The van der Waals surface area contributed by atoms with Gasteiger partial charge in [-0.05, 0) is 31.2 Å². The predicted octanol–water partition coefficient (Wildman–Crippen LogP) is 5.58. The fraction of sp³-hybridized carbons (Fsp3) is 0.0625. The van der Waals surface area contributed by atoms with Gasteiger partial charge in [-0.1, -0.05) is 29.8 Å². The maximum Gasteiger partial charge on any atom is 0.187 e. The molecule has 21 heavy (non-hydrogen) atoms. The molecule has 1 N–H and O–H groups in total. The van der Waals surface area contributed by atoms with Crippen molar-refractivity contribution in [2.75, 3.05) is 5.32 Å². The highest BCUT2D eigenvalue weighted by atomic mass is 79.9. The summed E-state index contributed by atoms with van der Waals surface area (Å²) in [4.78, 5) is 4.54. The molecule has 0 atom stereocenters. The smallest absolute Gasteiger partial charge is 0.187 e. The topological polar surface area (TPSA) is 24.9 Å². The van der Waals surface area contributed by atoms with Crippen LogP contribution in [0.4, 0.5) is 15.2 Å². The van der Waals surface area contributed by atoms with Gasteiger partial charge in [0.2, 0.25) is 0 Å². The van der Waals surface area contributed by atoms with E-state index in [1.54, 1.807) is 12.1 Å². The molecule has 108 valence electrons. The van der Waals surface area contributed by atoms with E-state index >= 15 is 0 Å². The van der Waals surface area contributed by atoms with Crippen molar-refractivity contribution < 1.29 is 4.39 Å². The van der Waals surface area contributed by atoms with Gasteiger partial charge in [0.1, 0.15) is 5.82 Å². The van der Waals surface area contributed by atoms with Gasteiger partial charge in [-0.3, -0.25) is 0 Å². The van der Waals surface area contributed by atoms with Gasteiger partial charge in [-0.25, -0.2) is 9.37 Å². The molecule has 0 aliphatic carbocycles. The summed E-state index contributed by atoms with van der Waals surface area (Å²) in [5, 5.41) is 5.98. The van der Waals surface area contributed by atoms with Crippen molar-refractivity contribution in [3.8, 4) is 11.3 Å². The molecule has 5 heteroatoms. The largest absolute Gasteiger partial charge is 0.332 e. The van der Waals surface area contributed by atoms with Crippen LogP contribution < -0.4 is 5.32 Å². The van der Waals surface area contributed by atoms with E-state index in [4.69, 9.17) is 0 Å². The number of rotatable bonds is 3. The highest BCUT2D eigenvalue weighted by molar-refractivity contribution is 8.93. The van der Waals surface area contributed by atoms with Crippen LogP contribution >= 0.6 is 28.3 Å². The van der Waals surface area contributed by atoms with E-state index in [0.29, 0.717) is 0 Å². The molecule has 2 nitrogen and oxygen atoms in total. The van der Waals surface area contributed by atoms with E-state index in [2.05, 4.69) is 41.5 Å². The van der Waals surface area contributed by atoms with Gasteiger partial charge in [-0.2, -0.15) is 0 Å². The summed E-state index contributed by atoms with van der Waals surface area (Å²) in [6.07, 6.45) is 0. The number of halogens is 2. The number of aromatic nitrogens is 1. The Balaban J connectivity index is 0.00000161. The molecule has 2 aromatic carbocycles. The Labute approximate surface area is 137 Å². The summed E-state index contributed by atoms with van der Waals surface area (Å²) in [6, 6.07) is 14.5. The van der Waals surface area contributed by atoms with Gasteiger partial charge in [0.05, 0.1) is 5.69 Å². The number of benzene rings is 2. The number of hydrogen-bond donors (Lipinski definition) is 1. The van der Waals surface area contributed by atoms with Crippen LogP contribution in [0.1, 0.15) is 5.56 Å². The molecule has 0 saturated heterocycles. The zero-order valence-corrected chi connectivity index (χ0v) is 13.9. The summed E-state index contributed by atoms with van der Waals surface area (Å²) in [5.74, 6) is -0.241. The Morgan fingerprint density at radius 1 is 1.00 bits per heavy atom. The lowest BCUT2D eigenvalue weighted by Crippen LogP contribution is -1.89. The fourth-order valence-electron chi connectivity index (χ4n) is 1.84. The minimum Gasteiger partial charge on any atom is -0.332 e. The Morgan fingerprint density at radius 3 is 2.33 bits per heavy atom. The fourth-order valence-corrected chi connectivity index (χ4v) is 2.58. The first-order valence-corrected chi connectivity index (χ1v) is 7.14. The number of nitrogens with one attached hydrogen (secondary N) is 1. The molecule has 0 fully saturated rings. The molecule has 3 aromatic rings. The van der Waals surface area contributed by atoms with Gasteiger partial charge in [0.25, 0.3) is 0 Å². The normalized spacial score (nSPS) is 10.0. The molecule has 0 spiro atoms. The quantitative estimate of drug-likeness (QED) is 0.656. The van der Waals surface area contributed by atoms with Crippen molar-refractivity contribution in [1.82, 2.24) is 4.98 Å². The lowest BCUT2D eigenvalue weighted by atomic mass is 10.1. The Bertz CT molecular complexity index is 708. The minimum absolute atomic E-state index is 0. The molecule has 0 saturated carbocycles. The van der Waals surface area contributed by atoms with E-state index in [1.807, 2.05) is 5.38 Å². The predicted molar refractivity (Wildman–Crippen MR) is 92.3 cm³/mol. The summed E-state index contributed by atoms with van der Waals surface area (Å²) in [5.41, 5.74) is 4.10. The molecule has 0 amide bonds. The van der Waals surface area contributed by atoms with Gasteiger partial charge in [0.15, 0.2) is 5.13 Å². The maximum absolute atomic E-state index is 12.8. The van der Waals surface area contributed by atoms with E-state index in [-0.39, 0.29) is 22.8 Å². The van der Waals surface area contributed by atoms with Crippen molar-refractivity contribution in [2.24, 2.45) is 0 Å². The van der Waals surface area contributed by atoms with E-state index in [0.717, 1.165) is 22.1 Å². The van der Waals surface area contributed by atoms with Gasteiger partial charge >= 0.3 is 0 Å². The van der Waals surface area contributed by atoms with Crippen LogP contribution in [-0.4, -0.2) is 4.98 Å². The number of nitrogens with zero attached hydrogens (tertiary/aromatic N) is 1. The summed E-state index contributed by atoms with van der Waals surface area (Å²) in [7, 11) is 0. The SMILES string of the molecule is Br.Cc1ccc(-c2csc(Nc3ccc(F)cc3)n2)cc1. The molecule has 0 bridgehead atoms. The average molecular weight is 365 g/mol. The average Bonchev–Trinajstić information content (AvgIpc) is 2.91. The molecule has 0 radical (unpaired) electrons. The Morgan fingerprint density at radius 2 is 1.67 bits per heavy atom. The minimum atomic E-state index is -0.241. The first-order valence-electron chi connectivity index (χ1n) is 6.26. The summed E-state index contributed by atoms with van der Waals surface area (Å²) in [6.45, 7) is 2.06. The standard InChI is InChI=1S/C16H13FN2S.BrH/c1-11-2-4-12(5-3-11)15-10-20-16(19-15)18-14-8-6-13(17)7-9-14;/h2-10H,1H3,(H,18,19);1H. The summed E-state index contributed by atoms with van der Waals surface area (Å²) >= 11 is 1.53. The van der Waals surface area contributed by atoms with Crippen LogP contribution in [0.3, 0.4) is 0 Å². The highest BCUT2D eigenvalue weighted by Gasteiger charge is 2.04. The Kier molecular flexibility index (Phi) is 5.09. The van der Waals surface area contributed by atoms with Crippen LogP contribution in [0.2, 0.25) is 0 Å². The third kappa shape index (κ3) is 3.89. The van der Waals surface area contributed by atoms with Crippen molar-refractivity contribution in [3.05, 3.63) is 65.3 Å². The molecule has 0 aliphatic heterocycles. The summed E-state index contributed by atoms with van der Waals surface area (Å²) < 4.78 is 12.8. The number of anilines is 2. The van der Waals surface area contributed by atoms with Crippen molar-refractivity contribution in [3.63, 3.8) is 0 Å². The second-order valence-corrected chi connectivity index (χ2v) is 5.39. The third-order valence-electron chi connectivity index (χ3n) is 2.95. The van der Waals surface area contributed by atoms with E-state index in [9.17, 15) is 4.39 Å². The lowest BCUT2D eigenvalue weighted by Gasteiger charge is -2.01. The second-order valence-electron chi connectivity index (χ2n) is 4.54. The zero-order chi connectivity index (χ0) is 13.9. The lowest BCUT2D eigenvalue weighted by molar-refractivity contribution is 0.628. The van der Waals surface area contributed by atoms with E-state index < -0.39 is 0 Å². The molecule has 0 unspecified atom stereocenters.